The van der Waals surface area contributed by atoms with Gasteiger partial charge in [0.15, 0.2) is 11.5 Å². The molecule has 0 spiro atoms. The van der Waals surface area contributed by atoms with Crippen LogP contribution in [-0.2, 0) is 6.61 Å². The van der Waals surface area contributed by atoms with E-state index in [1.807, 2.05) is 18.2 Å². The van der Waals surface area contributed by atoms with E-state index in [1.165, 1.54) is 6.33 Å². The van der Waals surface area contributed by atoms with Crippen molar-refractivity contribution in [2.75, 3.05) is 6.79 Å². The van der Waals surface area contributed by atoms with Gasteiger partial charge in [-0.1, -0.05) is 6.07 Å². The van der Waals surface area contributed by atoms with Gasteiger partial charge < -0.3 is 14.2 Å². The summed E-state index contributed by atoms with van der Waals surface area (Å²) in [6, 6.07) is 7.42. The van der Waals surface area contributed by atoms with Gasteiger partial charge in [0.25, 0.3) is 0 Å². The second-order valence-electron chi connectivity index (χ2n) is 3.66. The second-order valence-corrected chi connectivity index (χ2v) is 4.47. The first kappa shape index (κ1) is 11.3. The van der Waals surface area contributed by atoms with E-state index in [-0.39, 0.29) is 6.79 Å². The third-order valence-electron chi connectivity index (χ3n) is 2.43. The van der Waals surface area contributed by atoms with Gasteiger partial charge in [-0.2, -0.15) is 0 Å². The van der Waals surface area contributed by atoms with Crippen molar-refractivity contribution in [3.63, 3.8) is 0 Å². The minimum Gasteiger partial charge on any atom is -0.473 e. The molecule has 0 unspecified atom stereocenters. The lowest BCUT2D eigenvalue weighted by molar-refractivity contribution is 0.174. The Morgan fingerprint density at radius 3 is 2.94 bits per heavy atom. The number of aromatic nitrogens is 2. The molecule has 1 aromatic carbocycles. The predicted octanol–water partition coefficient (Wildman–Crippen LogP) is 2.55. The van der Waals surface area contributed by atoms with Crippen LogP contribution in [0.15, 0.2) is 35.2 Å². The summed E-state index contributed by atoms with van der Waals surface area (Å²) in [5, 5.41) is 0. The van der Waals surface area contributed by atoms with E-state index in [9.17, 15) is 0 Å². The summed E-state index contributed by atoms with van der Waals surface area (Å²) >= 11 is 3.26. The minimum absolute atomic E-state index is 0.276. The quantitative estimate of drug-likeness (QED) is 0.816. The predicted molar refractivity (Wildman–Crippen MR) is 66.6 cm³/mol. The van der Waals surface area contributed by atoms with E-state index in [2.05, 4.69) is 25.9 Å². The maximum atomic E-state index is 5.56. The van der Waals surface area contributed by atoms with Crippen LogP contribution in [0.5, 0.6) is 17.4 Å². The first-order valence-corrected chi connectivity index (χ1v) is 6.09. The van der Waals surface area contributed by atoms with E-state index in [4.69, 9.17) is 14.2 Å². The van der Waals surface area contributed by atoms with Gasteiger partial charge in [0.05, 0.1) is 0 Å². The van der Waals surface area contributed by atoms with E-state index in [0.717, 1.165) is 17.1 Å². The number of nitrogens with zero attached hydrogens (tertiary/aromatic N) is 2. The fraction of sp³-hybridized carbons (Fsp3) is 0.167. The fourth-order valence-electron chi connectivity index (χ4n) is 1.58. The summed E-state index contributed by atoms with van der Waals surface area (Å²) in [5.74, 6) is 2.04. The Balaban J connectivity index is 1.70. The molecule has 18 heavy (non-hydrogen) atoms. The molecule has 0 N–H and O–H groups in total. The Hall–Kier alpha value is -1.82. The van der Waals surface area contributed by atoms with Crippen molar-refractivity contribution in [3.8, 4) is 17.4 Å². The van der Waals surface area contributed by atoms with Gasteiger partial charge in [-0.3, -0.25) is 0 Å². The number of ether oxygens (including phenoxy) is 3. The molecule has 92 valence electrons. The zero-order valence-corrected chi connectivity index (χ0v) is 10.9. The molecule has 1 aromatic heterocycles. The van der Waals surface area contributed by atoms with Crippen LogP contribution in [-0.4, -0.2) is 16.8 Å². The third-order valence-corrected chi connectivity index (χ3v) is 2.87. The second kappa shape index (κ2) is 4.81. The Morgan fingerprint density at radius 2 is 2.06 bits per heavy atom. The maximum Gasteiger partial charge on any atom is 0.231 e. The molecule has 0 radical (unpaired) electrons. The van der Waals surface area contributed by atoms with Crippen LogP contribution in [0.2, 0.25) is 0 Å². The summed E-state index contributed by atoms with van der Waals surface area (Å²) in [5.41, 5.74) is 0.994. The lowest BCUT2D eigenvalue weighted by Crippen LogP contribution is -1.97. The largest absolute Gasteiger partial charge is 0.473 e. The normalized spacial score (nSPS) is 12.5. The maximum absolute atomic E-state index is 5.56. The van der Waals surface area contributed by atoms with E-state index < -0.39 is 0 Å². The zero-order valence-electron chi connectivity index (χ0n) is 9.30. The average Bonchev–Trinajstić information content (AvgIpc) is 2.84. The average molecular weight is 309 g/mol. The lowest BCUT2D eigenvalue weighted by Gasteiger charge is -2.05. The molecule has 0 saturated carbocycles. The smallest absolute Gasteiger partial charge is 0.231 e. The summed E-state index contributed by atoms with van der Waals surface area (Å²) in [6.07, 6.45) is 1.44. The number of benzene rings is 1. The molecule has 0 bridgehead atoms. The van der Waals surface area contributed by atoms with E-state index >= 15 is 0 Å². The van der Waals surface area contributed by atoms with Crippen LogP contribution in [0, 0.1) is 0 Å². The summed E-state index contributed by atoms with van der Waals surface area (Å²) in [6.45, 7) is 0.693. The summed E-state index contributed by atoms with van der Waals surface area (Å²) < 4.78 is 16.8. The van der Waals surface area contributed by atoms with Crippen LogP contribution >= 0.6 is 15.9 Å². The van der Waals surface area contributed by atoms with Gasteiger partial charge >= 0.3 is 0 Å². The number of rotatable bonds is 3. The first-order valence-electron chi connectivity index (χ1n) is 5.30. The van der Waals surface area contributed by atoms with E-state index in [1.54, 1.807) is 6.07 Å². The highest BCUT2D eigenvalue weighted by Crippen LogP contribution is 2.32. The van der Waals surface area contributed by atoms with Crippen LogP contribution < -0.4 is 14.2 Å². The first-order chi connectivity index (χ1) is 8.81. The van der Waals surface area contributed by atoms with Gasteiger partial charge in [-0.15, -0.1) is 0 Å². The lowest BCUT2D eigenvalue weighted by atomic mass is 10.2. The van der Waals surface area contributed by atoms with Crippen LogP contribution in [0.1, 0.15) is 5.56 Å². The molecule has 0 saturated heterocycles. The Bertz CT molecular complexity index is 577. The Labute approximate surface area is 112 Å². The zero-order chi connectivity index (χ0) is 12.4. The summed E-state index contributed by atoms with van der Waals surface area (Å²) in [4.78, 5) is 7.94. The molecule has 1 aliphatic rings. The number of halogens is 1. The van der Waals surface area contributed by atoms with Crippen molar-refractivity contribution >= 4 is 15.9 Å². The van der Waals surface area contributed by atoms with Crippen molar-refractivity contribution in [1.82, 2.24) is 9.97 Å². The van der Waals surface area contributed by atoms with Crippen LogP contribution in [0.3, 0.4) is 0 Å². The molecule has 0 fully saturated rings. The molecule has 1 aliphatic heterocycles. The van der Waals surface area contributed by atoms with Gasteiger partial charge in [0.2, 0.25) is 12.7 Å². The molecule has 6 heteroatoms. The highest BCUT2D eigenvalue weighted by molar-refractivity contribution is 9.10. The third kappa shape index (κ3) is 2.38. The van der Waals surface area contributed by atoms with Crippen molar-refractivity contribution in [1.29, 1.82) is 0 Å². The molecule has 2 aromatic rings. The molecule has 3 rings (SSSR count). The molecule has 0 aliphatic carbocycles. The molecule has 5 nitrogen and oxygen atoms in total. The highest BCUT2D eigenvalue weighted by Gasteiger charge is 2.13. The van der Waals surface area contributed by atoms with Crippen molar-refractivity contribution in [2.24, 2.45) is 0 Å². The van der Waals surface area contributed by atoms with Gasteiger partial charge in [-0.05, 0) is 33.6 Å². The van der Waals surface area contributed by atoms with E-state index in [0.29, 0.717) is 17.1 Å². The van der Waals surface area contributed by atoms with Crippen molar-refractivity contribution in [2.45, 2.75) is 6.61 Å². The minimum atomic E-state index is 0.276. The topological polar surface area (TPSA) is 53.5 Å². The van der Waals surface area contributed by atoms with Crippen molar-refractivity contribution < 1.29 is 14.2 Å². The summed E-state index contributed by atoms with van der Waals surface area (Å²) in [7, 11) is 0. The molecular weight excluding hydrogens is 300 g/mol. The number of hydrogen-bond acceptors (Lipinski definition) is 5. The SMILES string of the molecule is Brc1cc(OCc2ccc3c(c2)OCO3)ncn1. The monoisotopic (exact) mass is 308 g/mol. The molecular formula is C12H9BrN2O3. The van der Waals surface area contributed by atoms with Crippen molar-refractivity contribution in [3.05, 3.63) is 40.8 Å². The molecule has 0 atom stereocenters. The Kier molecular flexibility index (Phi) is 3.02. The fourth-order valence-corrected chi connectivity index (χ4v) is 1.87. The number of fused-ring (bicyclic) bond motifs is 1. The molecule has 2 heterocycles. The van der Waals surface area contributed by atoms with Crippen LogP contribution in [0.25, 0.3) is 0 Å². The number of hydrogen-bond donors (Lipinski definition) is 0. The standard InChI is InChI=1S/C12H9BrN2O3/c13-11-4-12(15-6-14-11)16-5-8-1-2-9-10(3-8)18-7-17-9/h1-4,6H,5,7H2. The van der Waals surface area contributed by atoms with Gasteiger partial charge in [-0.25, -0.2) is 9.97 Å². The van der Waals surface area contributed by atoms with Crippen LogP contribution in [0.4, 0.5) is 0 Å². The van der Waals surface area contributed by atoms with Gasteiger partial charge in [0.1, 0.15) is 17.5 Å². The Morgan fingerprint density at radius 1 is 1.17 bits per heavy atom. The van der Waals surface area contributed by atoms with Gasteiger partial charge in [0, 0.05) is 6.07 Å². The molecule has 0 amide bonds. The highest BCUT2D eigenvalue weighted by atomic mass is 79.9.